The zero-order chi connectivity index (χ0) is 14.6. The Bertz CT molecular complexity index is 293. The second-order valence-corrected chi connectivity index (χ2v) is 9.22. The summed E-state index contributed by atoms with van der Waals surface area (Å²) in [7, 11) is 0. The highest BCUT2D eigenvalue weighted by Crippen LogP contribution is 2.39. The van der Waals surface area contributed by atoms with Gasteiger partial charge < -0.3 is 10.2 Å². The fraction of sp³-hybridized carbons (Fsp3) is 1.00. The molecule has 0 aromatic heterocycles. The van der Waals surface area contributed by atoms with Crippen molar-refractivity contribution in [1.82, 2.24) is 10.2 Å². The van der Waals surface area contributed by atoms with Crippen molar-refractivity contribution < 1.29 is 0 Å². The van der Waals surface area contributed by atoms with E-state index >= 15 is 0 Å². The van der Waals surface area contributed by atoms with Crippen LogP contribution < -0.4 is 5.32 Å². The van der Waals surface area contributed by atoms with Crippen molar-refractivity contribution in [3.8, 4) is 0 Å². The van der Waals surface area contributed by atoms with Gasteiger partial charge >= 0.3 is 0 Å². The van der Waals surface area contributed by atoms with Gasteiger partial charge in [-0.05, 0) is 43.6 Å². The summed E-state index contributed by atoms with van der Waals surface area (Å²) in [6.45, 7) is 14.7. The maximum Gasteiger partial charge on any atom is 0.0147 e. The molecule has 3 heteroatoms. The van der Waals surface area contributed by atoms with E-state index in [4.69, 9.17) is 0 Å². The number of hydrogen-bond acceptors (Lipinski definition) is 3. The summed E-state index contributed by atoms with van der Waals surface area (Å²) in [5.41, 5.74) is 0.547. The molecule has 3 atom stereocenters. The van der Waals surface area contributed by atoms with Gasteiger partial charge in [-0.25, -0.2) is 0 Å². The minimum atomic E-state index is 0.547. The zero-order valence-electron chi connectivity index (χ0n) is 14.0. The standard InChI is InChI=1S/C17H34N2S/c1-5-8-18-16-6-7-17(3,4)11-15(16)13-19-9-10-20-14(2)12-19/h14-16,18H,5-13H2,1-4H3. The molecule has 1 saturated carbocycles. The molecule has 2 fully saturated rings. The van der Waals surface area contributed by atoms with Crippen molar-refractivity contribution >= 4 is 11.8 Å². The summed E-state index contributed by atoms with van der Waals surface area (Å²) in [6, 6.07) is 0.757. The first-order valence-corrected chi connectivity index (χ1v) is 9.62. The average Bonchev–Trinajstić information content (AvgIpc) is 2.37. The number of nitrogens with one attached hydrogen (secondary N) is 1. The van der Waals surface area contributed by atoms with E-state index in [1.54, 1.807) is 0 Å². The van der Waals surface area contributed by atoms with Gasteiger partial charge in [0.15, 0.2) is 0 Å². The highest BCUT2D eigenvalue weighted by Gasteiger charge is 2.35. The number of hydrogen-bond donors (Lipinski definition) is 1. The monoisotopic (exact) mass is 298 g/mol. The highest BCUT2D eigenvalue weighted by atomic mass is 32.2. The molecule has 0 bridgehead atoms. The van der Waals surface area contributed by atoms with Crippen molar-refractivity contribution in [2.24, 2.45) is 11.3 Å². The Morgan fingerprint density at radius 1 is 1.35 bits per heavy atom. The molecule has 1 saturated heterocycles. The van der Waals surface area contributed by atoms with Gasteiger partial charge in [0, 0.05) is 36.7 Å². The van der Waals surface area contributed by atoms with Crippen LogP contribution in [-0.4, -0.2) is 48.1 Å². The predicted molar refractivity (Wildman–Crippen MR) is 91.6 cm³/mol. The lowest BCUT2D eigenvalue weighted by Crippen LogP contribution is -2.49. The Labute approximate surface area is 130 Å². The number of rotatable bonds is 5. The van der Waals surface area contributed by atoms with Gasteiger partial charge in [0.1, 0.15) is 0 Å². The quantitative estimate of drug-likeness (QED) is 0.834. The first-order chi connectivity index (χ1) is 9.50. The van der Waals surface area contributed by atoms with Gasteiger partial charge in [0.05, 0.1) is 0 Å². The van der Waals surface area contributed by atoms with Crippen LogP contribution in [0.4, 0.5) is 0 Å². The molecule has 3 unspecified atom stereocenters. The third kappa shape index (κ3) is 4.92. The first-order valence-electron chi connectivity index (χ1n) is 8.57. The molecule has 0 spiro atoms. The summed E-state index contributed by atoms with van der Waals surface area (Å²) in [4.78, 5) is 2.73. The van der Waals surface area contributed by atoms with Crippen LogP contribution in [0.1, 0.15) is 53.4 Å². The molecule has 2 rings (SSSR count). The average molecular weight is 299 g/mol. The molecule has 0 aromatic carbocycles. The molecule has 0 amide bonds. The molecule has 1 aliphatic carbocycles. The van der Waals surface area contributed by atoms with E-state index in [1.807, 2.05) is 0 Å². The van der Waals surface area contributed by atoms with E-state index < -0.39 is 0 Å². The fourth-order valence-corrected chi connectivity index (χ4v) is 5.00. The second-order valence-electron chi connectivity index (χ2n) is 7.67. The number of nitrogens with zero attached hydrogens (tertiary/aromatic N) is 1. The van der Waals surface area contributed by atoms with E-state index in [-0.39, 0.29) is 0 Å². The van der Waals surface area contributed by atoms with Gasteiger partial charge in [0.25, 0.3) is 0 Å². The Morgan fingerprint density at radius 3 is 2.85 bits per heavy atom. The van der Waals surface area contributed by atoms with Crippen molar-refractivity contribution in [3.63, 3.8) is 0 Å². The summed E-state index contributed by atoms with van der Waals surface area (Å²) >= 11 is 2.14. The lowest BCUT2D eigenvalue weighted by Gasteiger charge is -2.44. The fourth-order valence-electron chi connectivity index (χ4n) is 3.91. The molecule has 0 aromatic rings. The summed E-state index contributed by atoms with van der Waals surface area (Å²) < 4.78 is 0. The summed E-state index contributed by atoms with van der Waals surface area (Å²) in [6.07, 6.45) is 5.41. The van der Waals surface area contributed by atoms with Crippen molar-refractivity contribution in [3.05, 3.63) is 0 Å². The molecule has 0 radical (unpaired) electrons. The minimum Gasteiger partial charge on any atom is -0.314 e. The van der Waals surface area contributed by atoms with E-state index in [0.717, 1.165) is 17.2 Å². The molecule has 20 heavy (non-hydrogen) atoms. The van der Waals surface area contributed by atoms with Crippen LogP contribution in [0.3, 0.4) is 0 Å². The van der Waals surface area contributed by atoms with Gasteiger partial charge in [0.2, 0.25) is 0 Å². The minimum absolute atomic E-state index is 0.547. The molecule has 2 nitrogen and oxygen atoms in total. The second kappa shape index (κ2) is 7.51. The van der Waals surface area contributed by atoms with E-state index in [2.05, 4.69) is 49.7 Å². The van der Waals surface area contributed by atoms with Crippen LogP contribution in [0.5, 0.6) is 0 Å². The van der Waals surface area contributed by atoms with Crippen LogP contribution >= 0.6 is 11.8 Å². The maximum absolute atomic E-state index is 3.83. The molecule has 118 valence electrons. The lowest BCUT2D eigenvalue weighted by molar-refractivity contribution is 0.101. The largest absolute Gasteiger partial charge is 0.314 e. The molecule has 1 heterocycles. The molecular formula is C17H34N2S. The topological polar surface area (TPSA) is 15.3 Å². The predicted octanol–water partition coefficient (Wildman–Crippen LogP) is 3.62. The number of thioether (sulfide) groups is 1. The van der Waals surface area contributed by atoms with Crippen LogP contribution in [0, 0.1) is 11.3 Å². The van der Waals surface area contributed by atoms with Crippen LogP contribution in [0.15, 0.2) is 0 Å². The maximum atomic E-state index is 3.83. The summed E-state index contributed by atoms with van der Waals surface area (Å²) in [5, 5.41) is 4.65. The van der Waals surface area contributed by atoms with E-state index in [1.165, 1.54) is 57.6 Å². The Hall–Kier alpha value is 0.270. The Morgan fingerprint density at radius 2 is 2.15 bits per heavy atom. The summed E-state index contributed by atoms with van der Waals surface area (Å²) in [5.74, 6) is 2.17. The Kier molecular flexibility index (Phi) is 6.25. The van der Waals surface area contributed by atoms with Crippen molar-refractivity contribution in [2.75, 3.05) is 31.9 Å². The van der Waals surface area contributed by atoms with Gasteiger partial charge in [-0.1, -0.05) is 27.7 Å². The first kappa shape index (κ1) is 16.6. The Balaban J connectivity index is 1.91. The zero-order valence-corrected chi connectivity index (χ0v) is 14.8. The molecular weight excluding hydrogens is 264 g/mol. The molecule has 2 aliphatic rings. The van der Waals surface area contributed by atoms with E-state index in [9.17, 15) is 0 Å². The van der Waals surface area contributed by atoms with Crippen LogP contribution in [0.25, 0.3) is 0 Å². The smallest absolute Gasteiger partial charge is 0.0147 e. The van der Waals surface area contributed by atoms with Gasteiger partial charge in [-0.3, -0.25) is 0 Å². The van der Waals surface area contributed by atoms with Crippen molar-refractivity contribution in [2.45, 2.75) is 64.7 Å². The van der Waals surface area contributed by atoms with Crippen LogP contribution in [-0.2, 0) is 0 Å². The molecule has 1 N–H and O–H groups in total. The SMILES string of the molecule is CCCNC1CCC(C)(C)CC1CN1CCSC(C)C1. The normalized spacial score (nSPS) is 35.1. The third-order valence-electron chi connectivity index (χ3n) is 4.99. The lowest BCUT2D eigenvalue weighted by atomic mass is 9.69. The van der Waals surface area contributed by atoms with E-state index in [0.29, 0.717) is 5.41 Å². The van der Waals surface area contributed by atoms with Crippen LogP contribution in [0.2, 0.25) is 0 Å². The third-order valence-corrected chi connectivity index (χ3v) is 6.13. The van der Waals surface area contributed by atoms with Crippen molar-refractivity contribution in [1.29, 1.82) is 0 Å². The van der Waals surface area contributed by atoms with Gasteiger partial charge in [-0.15, -0.1) is 0 Å². The molecule has 1 aliphatic heterocycles. The van der Waals surface area contributed by atoms with Gasteiger partial charge in [-0.2, -0.15) is 11.8 Å². The highest BCUT2D eigenvalue weighted by molar-refractivity contribution is 7.99.